The van der Waals surface area contributed by atoms with Gasteiger partial charge in [0.05, 0.1) is 11.6 Å². The zero-order valence-corrected chi connectivity index (χ0v) is 7.12. The Morgan fingerprint density at radius 3 is 2.42 bits per heavy atom. The standard InChI is InChI=1S/C10H12N2/c1-2-10(12)9-5-3-8(7-11)4-6-9/h3-6,10H,2,12H2,1H3/t10-/m1/s1. The van der Waals surface area contributed by atoms with E-state index < -0.39 is 0 Å². The first-order chi connectivity index (χ1) is 5.77. The Bertz CT molecular complexity index is 282. The van der Waals surface area contributed by atoms with Gasteiger partial charge >= 0.3 is 0 Å². The molecule has 2 N–H and O–H groups in total. The minimum Gasteiger partial charge on any atom is -0.324 e. The third kappa shape index (κ3) is 1.84. The van der Waals surface area contributed by atoms with Crippen LogP contribution in [-0.4, -0.2) is 0 Å². The molecule has 0 fully saturated rings. The maximum absolute atomic E-state index is 8.54. The van der Waals surface area contributed by atoms with Gasteiger partial charge in [0.1, 0.15) is 0 Å². The Kier molecular flexibility index (Phi) is 2.84. The van der Waals surface area contributed by atoms with Crippen LogP contribution >= 0.6 is 0 Å². The van der Waals surface area contributed by atoms with Crippen molar-refractivity contribution in [3.05, 3.63) is 35.4 Å². The van der Waals surface area contributed by atoms with E-state index in [-0.39, 0.29) is 6.04 Å². The molecule has 0 aromatic heterocycles. The summed E-state index contributed by atoms with van der Waals surface area (Å²) in [4.78, 5) is 0. The molecule has 0 bridgehead atoms. The Balaban J connectivity index is 2.86. The van der Waals surface area contributed by atoms with Gasteiger partial charge in [0.2, 0.25) is 0 Å². The molecule has 0 amide bonds. The molecule has 1 aromatic rings. The normalized spacial score (nSPS) is 12.1. The maximum Gasteiger partial charge on any atom is 0.0991 e. The third-order valence-corrected chi connectivity index (χ3v) is 1.91. The van der Waals surface area contributed by atoms with Crippen LogP contribution in [0.5, 0.6) is 0 Å². The van der Waals surface area contributed by atoms with Gasteiger partial charge < -0.3 is 5.73 Å². The van der Waals surface area contributed by atoms with E-state index in [4.69, 9.17) is 11.0 Å². The molecular formula is C10H12N2. The van der Waals surface area contributed by atoms with Crippen LogP contribution in [0.2, 0.25) is 0 Å². The van der Waals surface area contributed by atoms with E-state index in [2.05, 4.69) is 6.07 Å². The quantitative estimate of drug-likeness (QED) is 0.719. The van der Waals surface area contributed by atoms with Gasteiger partial charge in [-0.05, 0) is 24.1 Å². The monoisotopic (exact) mass is 160 g/mol. The van der Waals surface area contributed by atoms with Crippen LogP contribution in [0.15, 0.2) is 24.3 Å². The highest BCUT2D eigenvalue weighted by atomic mass is 14.6. The van der Waals surface area contributed by atoms with E-state index in [0.29, 0.717) is 5.56 Å². The fourth-order valence-corrected chi connectivity index (χ4v) is 1.04. The molecule has 1 rings (SSSR count). The smallest absolute Gasteiger partial charge is 0.0991 e. The first-order valence-electron chi connectivity index (χ1n) is 4.03. The van der Waals surface area contributed by atoms with E-state index in [9.17, 15) is 0 Å². The molecule has 0 radical (unpaired) electrons. The molecule has 0 unspecified atom stereocenters. The number of nitrogens with zero attached hydrogens (tertiary/aromatic N) is 1. The molecule has 0 spiro atoms. The number of rotatable bonds is 2. The van der Waals surface area contributed by atoms with Crippen molar-refractivity contribution in [2.24, 2.45) is 5.73 Å². The van der Waals surface area contributed by atoms with Gasteiger partial charge in [0.25, 0.3) is 0 Å². The highest BCUT2D eigenvalue weighted by Crippen LogP contribution is 2.13. The van der Waals surface area contributed by atoms with Crippen molar-refractivity contribution in [1.82, 2.24) is 0 Å². The van der Waals surface area contributed by atoms with Crippen LogP contribution in [0.4, 0.5) is 0 Å². The van der Waals surface area contributed by atoms with Gasteiger partial charge in [0, 0.05) is 6.04 Å². The Morgan fingerprint density at radius 2 is 2.00 bits per heavy atom. The minimum absolute atomic E-state index is 0.0951. The molecule has 0 saturated carbocycles. The zero-order valence-electron chi connectivity index (χ0n) is 7.12. The fraction of sp³-hybridized carbons (Fsp3) is 0.300. The minimum atomic E-state index is 0.0951. The molecule has 2 nitrogen and oxygen atoms in total. The van der Waals surface area contributed by atoms with Crippen molar-refractivity contribution >= 4 is 0 Å². The third-order valence-electron chi connectivity index (χ3n) is 1.91. The molecule has 0 aliphatic rings. The molecule has 1 atom stereocenters. The first-order valence-corrected chi connectivity index (χ1v) is 4.03. The van der Waals surface area contributed by atoms with E-state index in [1.807, 2.05) is 19.1 Å². The molecule has 0 heterocycles. The van der Waals surface area contributed by atoms with Gasteiger partial charge in [-0.2, -0.15) is 5.26 Å². The largest absolute Gasteiger partial charge is 0.324 e. The summed E-state index contributed by atoms with van der Waals surface area (Å²) in [7, 11) is 0. The van der Waals surface area contributed by atoms with Crippen molar-refractivity contribution in [2.75, 3.05) is 0 Å². The highest BCUT2D eigenvalue weighted by Gasteiger charge is 2.01. The summed E-state index contributed by atoms with van der Waals surface area (Å²) in [6.45, 7) is 2.04. The van der Waals surface area contributed by atoms with Crippen LogP contribution in [0.25, 0.3) is 0 Å². The summed E-state index contributed by atoms with van der Waals surface area (Å²) in [6, 6.07) is 9.58. The molecular weight excluding hydrogens is 148 g/mol. The maximum atomic E-state index is 8.54. The summed E-state index contributed by atoms with van der Waals surface area (Å²) >= 11 is 0. The lowest BCUT2D eigenvalue weighted by atomic mass is 10.0. The van der Waals surface area contributed by atoms with Crippen LogP contribution in [-0.2, 0) is 0 Å². The van der Waals surface area contributed by atoms with Crippen LogP contribution < -0.4 is 5.73 Å². The number of hydrogen-bond donors (Lipinski definition) is 1. The second-order valence-electron chi connectivity index (χ2n) is 2.75. The lowest BCUT2D eigenvalue weighted by Gasteiger charge is -2.07. The molecule has 0 saturated heterocycles. The van der Waals surface area contributed by atoms with E-state index >= 15 is 0 Å². The van der Waals surface area contributed by atoms with Crippen molar-refractivity contribution < 1.29 is 0 Å². The van der Waals surface area contributed by atoms with Gasteiger partial charge in [-0.15, -0.1) is 0 Å². The molecule has 62 valence electrons. The topological polar surface area (TPSA) is 49.8 Å². The number of nitrogens with two attached hydrogens (primary N) is 1. The molecule has 2 heteroatoms. The van der Waals surface area contributed by atoms with Crippen molar-refractivity contribution in [3.63, 3.8) is 0 Å². The van der Waals surface area contributed by atoms with Crippen molar-refractivity contribution in [2.45, 2.75) is 19.4 Å². The first kappa shape index (κ1) is 8.76. The number of nitriles is 1. The molecule has 12 heavy (non-hydrogen) atoms. The number of hydrogen-bond acceptors (Lipinski definition) is 2. The summed E-state index contributed by atoms with van der Waals surface area (Å²) in [5.74, 6) is 0. The van der Waals surface area contributed by atoms with Crippen molar-refractivity contribution in [1.29, 1.82) is 5.26 Å². The zero-order chi connectivity index (χ0) is 8.97. The number of benzene rings is 1. The van der Waals surface area contributed by atoms with Crippen LogP contribution in [0.1, 0.15) is 30.5 Å². The SMILES string of the molecule is CC[C@@H](N)c1ccc(C#N)cc1. The van der Waals surface area contributed by atoms with Gasteiger partial charge in [-0.3, -0.25) is 0 Å². The fourth-order valence-electron chi connectivity index (χ4n) is 1.04. The second kappa shape index (κ2) is 3.89. The molecule has 0 aliphatic heterocycles. The second-order valence-corrected chi connectivity index (χ2v) is 2.75. The average Bonchev–Trinajstić information content (AvgIpc) is 2.17. The van der Waals surface area contributed by atoms with Crippen LogP contribution in [0, 0.1) is 11.3 Å². The van der Waals surface area contributed by atoms with Gasteiger partial charge in [-0.25, -0.2) is 0 Å². The molecule has 0 aliphatic carbocycles. The molecule has 1 aromatic carbocycles. The van der Waals surface area contributed by atoms with Crippen LogP contribution in [0.3, 0.4) is 0 Å². The highest BCUT2D eigenvalue weighted by molar-refractivity contribution is 5.32. The summed E-state index contributed by atoms with van der Waals surface area (Å²) in [5.41, 5.74) is 7.58. The summed E-state index contributed by atoms with van der Waals surface area (Å²) in [6.07, 6.45) is 0.923. The average molecular weight is 160 g/mol. The summed E-state index contributed by atoms with van der Waals surface area (Å²) < 4.78 is 0. The van der Waals surface area contributed by atoms with E-state index in [1.54, 1.807) is 12.1 Å². The summed E-state index contributed by atoms with van der Waals surface area (Å²) in [5, 5.41) is 8.54. The predicted molar refractivity (Wildman–Crippen MR) is 48.4 cm³/mol. The Hall–Kier alpha value is -1.33. The lowest BCUT2D eigenvalue weighted by Crippen LogP contribution is -2.08. The van der Waals surface area contributed by atoms with E-state index in [1.165, 1.54) is 0 Å². The van der Waals surface area contributed by atoms with Gasteiger partial charge in [0.15, 0.2) is 0 Å². The Morgan fingerprint density at radius 1 is 1.42 bits per heavy atom. The Labute approximate surface area is 72.6 Å². The van der Waals surface area contributed by atoms with Crippen molar-refractivity contribution in [3.8, 4) is 6.07 Å². The lowest BCUT2D eigenvalue weighted by molar-refractivity contribution is 0.698. The van der Waals surface area contributed by atoms with E-state index in [0.717, 1.165) is 12.0 Å². The predicted octanol–water partition coefficient (Wildman–Crippen LogP) is 1.97. The van der Waals surface area contributed by atoms with Gasteiger partial charge in [-0.1, -0.05) is 19.1 Å².